The zero-order valence-electron chi connectivity index (χ0n) is 10.4. The van der Waals surface area contributed by atoms with Crippen molar-refractivity contribution in [2.24, 2.45) is 0 Å². The molecular weight excluding hydrogens is 303 g/mol. The molecule has 3 rings (SSSR count). The summed E-state index contributed by atoms with van der Waals surface area (Å²) >= 11 is 5.86. The van der Waals surface area contributed by atoms with Gasteiger partial charge in [-0.05, 0) is 30.3 Å². The van der Waals surface area contributed by atoms with Crippen LogP contribution in [0.15, 0.2) is 30.3 Å². The Hall–Kier alpha value is -2.34. The van der Waals surface area contributed by atoms with Crippen molar-refractivity contribution in [2.75, 3.05) is 5.73 Å². The summed E-state index contributed by atoms with van der Waals surface area (Å²) in [5.41, 5.74) is 5.89. The molecule has 3 aromatic rings. The van der Waals surface area contributed by atoms with E-state index in [1.54, 1.807) is 12.1 Å². The average Bonchev–Trinajstić information content (AvgIpc) is 2.44. The summed E-state index contributed by atoms with van der Waals surface area (Å²) in [4.78, 5) is 8.02. The van der Waals surface area contributed by atoms with Crippen molar-refractivity contribution in [2.45, 2.75) is 0 Å². The summed E-state index contributed by atoms with van der Waals surface area (Å²) in [5, 5.41) is 0.948. The van der Waals surface area contributed by atoms with Crippen molar-refractivity contribution in [1.82, 2.24) is 9.97 Å². The van der Waals surface area contributed by atoms with Gasteiger partial charge in [0.15, 0.2) is 23.3 Å². The third-order valence-corrected chi connectivity index (χ3v) is 3.20. The fourth-order valence-corrected chi connectivity index (χ4v) is 2.11. The van der Waals surface area contributed by atoms with E-state index < -0.39 is 17.5 Å². The second kappa shape index (κ2) is 4.89. The molecule has 2 N–H and O–H groups in total. The molecule has 0 amide bonds. The first-order chi connectivity index (χ1) is 9.97. The van der Waals surface area contributed by atoms with Gasteiger partial charge in [0.05, 0.1) is 11.1 Å². The van der Waals surface area contributed by atoms with Gasteiger partial charge in [0.2, 0.25) is 0 Å². The molecular formula is C14H7ClF3N3. The molecule has 7 heteroatoms. The quantitative estimate of drug-likeness (QED) is 0.692. The van der Waals surface area contributed by atoms with E-state index in [0.29, 0.717) is 15.9 Å². The molecule has 0 atom stereocenters. The molecule has 0 aliphatic heterocycles. The molecule has 1 heterocycles. The lowest BCUT2D eigenvalue weighted by atomic mass is 10.1. The molecule has 3 nitrogen and oxygen atoms in total. The highest BCUT2D eigenvalue weighted by Crippen LogP contribution is 2.28. The normalized spacial score (nSPS) is 11.0. The number of nitrogens with zero attached hydrogens (tertiary/aromatic N) is 2. The second-order valence-electron chi connectivity index (χ2n) is 4.32. The molecule has 0 fully saturated rings. The number of hydrogen-bond donors (Lipinski definition) is 1. The molecule has 0 spiro atoms. The van der Waals surface area contributed by atoms with E-state index in [2.05, 4.69) is 9.97 Å². The van der Waals surface area contributed by atoms with E-state index in [-0.39, 0.29) is 17.2 Å². The van der Waals surface area contributed by atoms with E-state index in [1.807, 2.05) is 0 Å². The predicted molar refractivity (Wildman–Crippen MR) is 74.3 cm³/mol. The van der Waals surface area contributed by atoms with Crippen LogP contribution in [0, 0.1) is 17.5 Å². The van der Waals surface area contributed by atoms with Crippen LogP contribution in [-0.2, 0) is 0 Å². The number of rotatable bonds is 1. The highest BCUT2D eigenvalue weighted by atomic mass is 35.5. The monoisotopic (exact) mass is 309 g/mol. The number of benzene rings is 2. The van der Waals surface area contributed by atoms with Crippen LogP contribution in [0.1, 0.15) is 0 Å². The lowest BCUT2D eigenvalue weighted by molar-refractivity contribution is 0.448. The van der Waals surface area contributed by atoms with Gasteiger partial charge < -0.3 is 5.73 Å². The Morgan fingerprint density at radius 3 is 2.48 bits per heavy atom. The summed E-state index contributed by atoms with van der Waals surface area (Å²) in [6.45, 7) is 0. The number of anilines is 1. The number of halogens is 4. The first-order valence-corrected chi connectivity index (χ1v) is 6.22. The maximum atomic E-state index is 13.8. The first-order valence-electron chi connectivity index (χ1n) is 5.84. The number of fused-ring (bicyclic) bond motifs is 1. The number of aromatic nitrogens is 2. The molecule has 0 aliphatic carbocycles. The highest BCUT2D eigenvalue weighted by Gasteiger charge is 2.17. The summed E-state index contributed by atoms with van der Waals surface area (Å²) in [6, 6.07) is 6.62. The summed E-state index contributed by atoms with van der Waals surface area (Å²) < 4.78 is 40.1. The fraction of sp³-hybridized carbons (Fsp3) is 0. The topological polar surface area (TPSA) is 51.8 Å². The van der Waals surface area contributed by atoms with Crippen molar-refractivity contribution in [3.63, 3.8) is 0 Å². The minimum absolute atomic E-state index is 0.0933. The SMILES string of the molecule is Nc1nc(-c2ccc(F)c(F)c2F)nc2cc(Cl)ccc12. The van der Waals surface area contributed by atoms with Gasteiger partial charge in [0.25, 0.3) is 0 Å². The van der Waals surface area contributed by atoms with Gasteiger partial charge >= 0.3 is 0 Å². The van der Waals surface area contributed by atoms with Crippen LogP contribution < -0.4 is 5.73 Å². The molecule has 0 aliphatic rings. The van der Waals surface area contributed by atoms with Gasteiger partial charge in [-0.3, -0.25) is 0 Å². The van der Waals surface area contributed by atoms with Crippen LogP contribution in [0.5, 0.6) is 0 Å². The Morgan fingerprint density at radius 2 is 1.71 bits per heavy atom. The molecule has 2 aromatic carbocycles. The van der Waals surface area contributed by atoms with Crippen LogP contribution in [-0.4, -0.2) is 9.97 Å². The average molecular weight is 310 g/mol. The third-order valence-electron chi connectivity index (χ3n) is 2.96. The van der Waals surface area contributed by atoms with Crippen molar-refractivity contribution >= 4 is 28.3 Å². The van der Waals surface area contributed by atoms with E-state index in [0.717, 1.165) is 12.1 Å². The van der Waals surface area contributed by atoms with Crippen LogP contribution >= 0.6 is 11.6 Å². The minimum atomic E-state index is -1.58. The van der Waals surface area contributed by atoms with Crippen LogP contribution in [0.25, 0.3) is 22.3 Å². The lowest BCUT2D eigenvalue weighted by Crippen LogP contribution is -2.01. The van der Waals surface area contributed by atoms with Crippen molar-refractivity contribution in [3.05, 3.63) is 52.8 Å². The van der Waals surface area contributed by atoms with Crippen LogP contribution in [0.2, 0.25) is 5.02 Å². The number of hydrogen-bond acceptors (Lipinski definition) is 3. The van der Waals surface area contributed by atoms with Crippen molar-refractivity contribution in [1.29, 1.82) is 0 Å². The summed E-state index contributed by atoms with van der Waals surface area (Å²) in [5.74, 6) is -4.28. The molecule has 0 bridgehead atoms. The third kappa shape index (κ3) is 2.27. The first kappa shape index (κ1) is 13.6. The molecule has 21 heavy (non-hydrogen) atoms. The molecule has 1 aromatic heterocycles. The Morgan fingerprint density at radius 1 is 0.952 bits per heavy atom. The zero-order chi connectivity index (χ0) is 15.1. The standard InChI is InChI=1S/C14H7ClF3N3/c15-6-1-2-7-10(5-6)20-14(21-13(7)19)8-3-4-9(16)12(18)11(8)17/h1-5H,(H2,19,20,21). The molecule has 0 saturated carbocycles. The number of nitrogens with two attached hydrogens (primary N) is 1. The van der Waals surface area contributed by atoms with Crippen molar-refractivity contribution in [3.8, 4) is 11.4 Å². The van der Waals surface area contributed by atoms with E-state index in [1.165, 1.54) is 6.07 Å². The Bertz CT molecular complexity index is 868. The Balaban J connectivity index is 2.28. The highest BCUT2D eigenvalue weighted by molar-refractivity contribution is 6.31. The van der Waals surface area contributed by atoms with Gasteiger partial charge in [-0.15, -0.1) is 0 Å². The maximum absolute atomic E-state index is 13.8. The number of nitrogen functional groups attached to an aromatic ring is 1. The van der Waals surface area contributed by atoms with Gasteiger partial charge in [-0.2, -0.15) is 0 Å². The van der Waals surface area contributed by atoms with Gasteiger partial charge in [0, 0.05) is 10.4 Å². The maximum Gasteiger partial charge on any atom is 0.195 e. The molecule has 0 radical (unpaired) electrons. The van der Waals surface area contributed by atoms with Crippen molar-refractivity contribution < 1.29 is 13.2 Å². The molecule has 0 unspecified atom stereocenters. The Labute approximate surface area is 122 Å². The van der Waals surface area contributed by atoms with E-state index in [9.17, 15) is 13.2 Å². The van der Waals surface area contributed by atoms with Gasteiger partial charge in [0.1, 0.15) is 5.82 Å². The Kier molecular flexibility index (Phi) is 3.17. The molecule has 106 valence electrons. The largest absolute Gasteiger partial charge is 0.383 e. The predicted octanol–water partition coefficient (Wildman–Crippen LogP) is 3.95. The van der Waals surface area contributed by atoms with E-state index in [4.69, 9.17) is 17.3 Å². The second-order valence-corrected chi connectivity index (χ2v) is 4.75. The fourth-order valence-electron chi connectivity index (χ4n) is 1.95. The molecule has 0 saturated heterocycles. The zero-order valence-corrected chi connectivity index (χ0v) is 11.1. The van der Waals surface area contributed by atoms with E-state index >= 15 is 0 Å². The summed E-state index contributed by atoms with van der Waals surface area (Å²) in [6.07, 6.45) is 0. The lowest BCUT2D eigenvalue weighted by Gasteiger charge is -2.07. The van der Waals surface area contributed by atoms with Crippen LogP contribution in [0.4, 0.5) is 19.0 Å². The van der Waals surface area contributed by atoms with Gasteiger partial charge in [-0.1, -0.05) is 11.6 Å². The minimum Gasteiger partial charge on any atom is -0.383 e. The van der Waals surface area contributed by atoms with Gasteiger partial charge in [-0.25, -0.2) is 23.1 Å². The van der Waals surface area contributed by atoms with Crippen LogP contribution in [0.3, 0.4) is 0 Å². The summed E-state index contributed by atoms with van der Waals surface area (Å²) in [7, 11) is 0. The smallest absolute Gasteiger partial charge is 0.195 e.